The summed E-state index contributed by atoms with van der Waals surface area (Å²) in [6, 6.07) is 0. The largest absolute Gasteiger partial charge is 0.365 e. The number of rotatable bonds is 5. The van der Waals surface area contributed by atoms with E-state index in [1.807, 2.05) is 0 Å². The molecule has 0 rings (SSSR count). The Bertz CT molecular complexity index is 58.0. The number of nitrogens with one attached hydrogen (secondary N) is 1. The number of hydrogen-bond donors (Lipinski definition) is 2. The van der Waals surface area contributed by atoms with E-state index in [0.29, 0.717) is 19.6 Å². The van der Waals surface area contributed by atoms with Gasteiger partial charge in [0.1, 0.15) is 0 Å². The van der Waals surface area contributed by atoms with E-state index >= 15 is 0 Å². The Balaban J connectivity index is 2.62. The SMILES string of the molecule is NCOCCNC=O. The lowest BCUT2D eigenvalue weighted by molar-refractivity contribution is -0.109. The summed E-state index contributed by atoms with van der Waals surface area (Å²) in [4.78, 5) is 9.57. The molecular formula is C4H10N2O2. The highest BCUT2D eigenvalue weighted by Gasteiger charge is 1.79. The Hall–Kier alpha value is -0.610. The van der Waals surface area contributed by atoms with Crippen LogP contribution in [0.25, 0.3) is 0 Å². The van der Waals surface area contributed by atoms with Gasteiger partial charge in [-0.25, -0.2) is 0 Å². The molecule has 0 saturated carbocycles. The summed E-state index contributed by atoms with van der Waals surface area (Å²) < 4.78 is 4.69. The van der Waals surface area contributed by atoms with Crippen LogP contribution in [0.15, 0.2) is 0 Å². The van der Waals surface area contributed by atoms with Crippen LogP contribution in [0.3, 0.4) is 0 Å². The number of hydrogen-bond acceptors (Lipinski definition) is 3. The van der Waals surface area contributed by atoms with E-state index in [1.54, 1.807) is 0 Å². The predicted molar refractivity (Wildman–Crippen MR) is 29.1 cm³/mol. The van der Waals surface area contributed by atoms with E-state index in [9.17, 15) is 4.79 Å². The van der Waals surface area contributed by atoms with Gasteiger partial charge < -0.3 is 15.8 Å². The molecule has 48 valence electrons. The summed E-state index contributed by atoms with van der Waals surface area (Å²) in [5.74, 6) is 0. The molecule has 4 heteroatoms. The van der Waals surface area contributed by atoms with Gasteiger partial charge >= 0.3 is 0 Å². The molecule has 3 N–H and O–H groups in total. The Morgan fingerprint density at radius 1 is 1.75 bits per heavy atom. The van der Waals surface area contributed by atoms with Crippen LogP contribution >= 0.6 is 0 Å². The van der Waals surface area contributed by atoms with Gasteiger partial charge in [0.05, 0.1) is 13.3 Å². The molecular weight excluding hydrogens is 108 g/mol. The molecule has 1 amide bonds. The van der Waals surface area contributed by atoms with Crippen molar-refractivity contribution >= 4 is 6.41 Å². The molecule has 8 heavy (non-hydrogen) atoms. The van der Waals surface area contributed by atoms with Crippen LogP contribution in [-0.4, -0.2) is 26.3 Å². The Kier molecular flexibility index (Phi) is 5.90. The van der Waals surface area contributed by atoms with Crippen molar-refractivity contribution in [2.24, 2.45) is 5.73 Å². The maximum absolute atomic E-state index is 9.57. The fraction of sp³-hybridized carbons (Fsp3) is 0.750. The second-order valence-electron chi connectivity index (χ2n) is 1.15. The summed E-state index contributed by atoms with van der Waals surface area (Å²) in [7, 11) is 0. The number of carbonyl (C=O) groups excluding carboxylic acids is 1. The zero-order valence-corrected chi connectivity index (χ0v) is 4.59. The Labute approximate surface area is 48.0 Å². The van der Waals surface area contributed by atoms with E-state index in [0.717, 1.165) is 0 Å². The van der Waals surface area contributed by atoms with Gasteiger partial charge in [-0.15, -0.1) is 0 Å². The number of nitrogens with two attached hydrogens (primary N) is 1. The molecule has 0 atom stereocenters. The molecule has 0 aliphatic heterocycles. The zero-order valence-electron chi connectivity index (χ0n) is 4.59. The van der Waals surface area contributed by atoms with Crippen molar-refractivity contribution in [1.29, 1.82) is 0 Å². The summed E-state index contributed by atoms with van der Waals surface area (Å²) in [6.45, 7) is 1.22. The zero-order chi connectivity index (χ0) is 6.24. The van der Waals surface area contributed by atoms with Crippen LogP contribution in [0.2, 0.25) is 0 Å². The maximum atomic E-state index is 9.57. The van der Waals surface area contributed by atoms with Crippen molar-refractivity contribution in [3.63, 3.8) is 0 Å². The first-order valence-corrected chi connectivity index (χ1v) is 2.36. The molecule has 0 saturated heterocycles. The Morgan fingerprint density at radius 3 is 3.00 bits per heavy atom. The molecule has 0 heterocycles. The van der Waals surface area contributed by atoms with Crippen LogP contribution in [-0.2, 0) is 9.53 Å². The van der Waals surface area contributed by atoms with Gasteiger partial charge in [0, 0.05) is 6.54 Å². The van der Waals surface area contributed by atoms with E-state index < -0.39 is 0 Å². The van der Waals surface area contributed by atoms with Crippen molar-refractivity contribution in [2.45, 2.75) is 0 Å². The van der Waals surface area contributed by atoms with E-state index in [-0.39, 0.29) is 6.73 Å². The monoisotopic (exact) mass is 118 g/mol. The highest BCUT2D eigenvalue weighted by molar-refractivity contribution is 5.45. The van der Waals surface area contributed by atoms with Gasteiger partial charge in [-0.3, -0.25) is 4.79 Å². The number of ether oxygens (including phenoxy) is 1. The minimum Gasteiger partial charge on any atom is -0.365 e. The molecule has 0 aromatic heterocycles. The second-order valence-corrected chi connectivity index (χ2v) is 1.15. The quantitative estimate of drug-likeness (QED) is 0.267. The lowest BCUT2D eigenvalue weighted by atomic mass is 10.7. The van der Waals surface area contributed by atoms with E-state index in [2.05, 4.69) is 5.32 Å². The maximum Gasteiger partial charge on any atom is 0.207 e. The minimum atomic E-state index is 0.209. The molecule has 0 fully saturated rings. The lowest BCUT2D eigenvalue weighted by Crippen LogP contribution is -2.19. The molecule has 0 aromatic carbocycles. The predicted octanol–water partition coefficient (Wildman–Crippen LogP) is -1.33. The first kappa shape index (κ1) is 7.39. The summed E-state index contributed by atoms with van der Waals surface area (Å²) in [6.07, 6.45) is 0.625. The first-order chi connectivity index (χ1) is 3.91. The van der Waals surface area contributed by atoms with Gasteiger partial charge in [-0.2, -0.15) is 0 Å². The highest BCUT2D eigenvalue weighted by Crippen LogP contribution is 1.62. The van der Waals surface area contributed by atoms with Crippen LogP contribution in [0.4, 0.5) is 0 Å². The third kappa shape index (κ3) is 5.39. The third-order valence-corrected chi connectivity index (χ3v) is 0.592. The molecule has 0 bridgehead atoms. The molecule has 0 spiro atoms. The van der Waals surface area contributed by atoms with Crippen LogP contribution in [0.5, 0.6) is 0 Å². The lowest BCUT2D eigenvalue weighted by Gasteiger charge is -1.96. The van der Waals surface area contributed by atoms with Gasteiger partial charge in [0.2, 0.25) is 6.41 Å². The third-order valence-electron chi connectivity index (χ3n) is 0.592. The van der Waals surface area contributed by atoms with Crippen molar-refractivity contribution < 1.29 is 9.53 Å². The second kappa shape index (κ2) is 6.39. The molecule has 0 aliphatic carbocycles. The summed E-state index contributed by atoms with van der Waals surface area (Å²) >= 11 is 0. The van der Waals surface area contributed by atoms with Crippen LogP contribution < -0.4 is 11.1 Å². The average molecular weight is 118 g/mol. The molecule has 0 aliphatic rings. The van der Waals surface area contributed by atoms with Gasteiger partial charge in [-0.05, 0) is 0 Å². The van der Waals surface area contributed by atoms with Crippen molar-refractivity contribution in [3.8, 4) is 0 Å². The van der Waals surface area contributed by atoms with Gasteiger partial charge in [0.15, 0.2) is 0 Å². The fourth-order valence-corrected chi connectivity index (χ4v) is 0.273. The highest BCUT2D eigenvalue weighted by atomic mass is 16.5. The van der Waals surface area contributed by atoms with Gasteiger partial charge in [-0.1, -0.05) is 0 Å². The topological polar surface area (TPSA) is 64.3 Å². The molecule has 0 radical (unpaired) electrons. The first-order valence-electron chi connectivity index (χ1n) is 2.36. The van der Waals surface area contributed by atoms with Crippen LogP contribution in [0.1, 0.15) is 0 Å². The smallest absolute Gasteiger partial charge is 0.207 e. The fourth-order valence-electron chi connectivity index (χ4n) is 0.273. The van der Waals surface area contributed by atoms with Gasteiger partial charge in [0.25, 0.3) is 0 Å². The normalized spacial score (nSPS) is 8.62. The number of carbonyl (C=O) groups is 1. The summed E-state index contributed by atoms with van der Waals surface area (Å²) in [5.41, 5.74) is 4.97. The minimum absolute atomic E-state index is 0.209. The van der Waals surface area contributed by atoms with Crippen LogP contribution in [0, 0.1) is 0 Å². The van der Waals surface area contributed by atoms with E-state index in [4.69, 9.17) is 10.5 Å². The molecule has 0 aromatic rings. The van der Waals surface area contributed by atoms with Crippen molar-refractivity contribution in [3.05, 3.63) is 0 Å². The molecule has 4 nitrogen and oxygen atoms in total. The average Bonchev–Trinajstić information content (AvgIpc) is 1.81. The standard InChI is InChI=1S/C4H10N2O2/c5-3-8-2-1-6-4-7/h4H,1-3,5H2,(H,6,7). The summed E-state index contributed by atoms with van der Waals surface area (Å²) in [5, 5.41) is 2.42. The van der Waals surface area contributed by atoms with Crippen molar-refractivity contribution in [1.82, 2.24) is 5.32 Å². The molecule has 0 unspecified atom stereocenters. The number of amides is 1. The van der Waals surface area contributed by atoms with E-state index in [1.165, 1.54) is 0 Å². The van der Waals surface area contributed by atoms with Crippen molar-refractivity contribution in [2.75, 3.05) is 19.9 Å². The Morgan fingerprint density at radius 2 is 2.50 bits per heavy atom.